The Labute approximate surface area is 246 Å². The van der Waals surface area contributed by atoms with Crippen molar-refractivity contribution in [2.75, 3.05) is 0 Å². The predicted octanol–water partition coefficient (Wildman–Crippen LogP) is 11.8. The molecule has 0 spiro atoms. The zero-order chi connectivity index (χ0) is 27.9. The van der Waals surface area contributed by atoms with Crippen LogP contribution in [0.15, 0.2) is 170 Å². The van der Waals surface area contributed by atoms with E-state index in [0.29, 0.717) is 0 Å². The molecule has 0 heterocycles. The first kappa shape index (κ1) is 24.3. The number of benzene rings is 8. The normalized spacial score (nSPS) is 11.3. The molecule has 0 aliphatic heterocycles. The van der Waals surface area contributed by atoms with Crippen LogP contribution in [0.25, 0.3) is 76.8 Å². The molecule has 0 saturated carbocycles. The van der Waals surface area contributed by atoms with Gasteiger partial charge in [-0.15, -0.1) is 0 Å². The van der Waals surface area contributed by atoms with Gasteiger partial charge in [-0.1, -0.05) is 158 Å². The van der Waals surface area contributed by atoms with Gasteiger partial charge in [0, 0.05) is 0 Å². The fraction of sp³-hybridized carbons (Fsp3) is 0. The molecular formula is C42H28. The Hall–Kier alpha value is -5.46. The molecule has 0 nitrogen and oxygen atoms in total. The van der Waals surface area contributed by atoms with Gasteiger partial charge in [0.1, 0.15) is 0 Å². The molecular weight excluding hydrogens is 504 g/mol. The lowest BCUT2D eigenvalue weighted by molar-refractivity contribution is 1.61. The summed E-state index contributed by atoms with van der Waals surface area (Å²) in [7, 11) is 0. The van der Waals surface area contributed by atoms with Gasteiger partial charge < -0.3 is 0 Å². The molecule has 0 unspecified atom stereocenters. The van der Waals surface area contributed by atoms with E-state index < -0.39 is 0 Å². The average Bonchev–Trinajstić information content (AvgIpc) is 3.07. The van der Waals surface area contributed by atoms with Gasteiger partial charge in [0.05, 0.1) is 0 Å². The first-order chi connectivity index (χ1) is 20.8. The molecule has 0 fully saturated rings. The summed E-state index contributed by atoms with van der Waals surface area (Å²) in [6, 6.07) is 61.7. The Balaban J connectivity index is 1.43. The third kappa shape index (κ3) is 4.08. The van der Waals surface area contributed by atoms with Gasteiger partial charge in [-0.3, -0.25) is 0 Å². The lowest BCUT2D eigenvalue weighted by atomic mass is 9.83. The van der Waals surface area contributed by atoms with Crippen molar-refractivity contribution in [3.63, 3.8) is 0 Å². The van der Waals surface area contributed by atoms with Gasteiger partial charge in [-0.05, 0) is 89.0 Å². The topological polar surface area (TPSA) is 0 Å². The quantitative estimate of drug-likeness (QED) is 0.198. The molecule has 0 radical (unpaired) electrons. The minimum Gasteiger partial charge on any atom is -0.0622 e. The first-order valence-corrected chi connectivity index (χ1v) is 14.5. The van der Waals surface area contributed by atoms with Crippen molar-refractivity contribution in [1.82, 2.24) is 0 Å². The highest BCUT2D eigenvalue weighted by Gasteiger charge is 2.18. The largest absolute Gasteiger partial charge is 0.0622 e. The number of fused-ring (bicyclic) bond motifs is 3. The van der Waals surface area contributed by atoms with E-state index in [9.17, 15) is 0 Å². The van der Waals surface area contributed by atoms with Crippen molar-refractivity contribution in [3.8, 4) is 44.5 Å². The summed E-state index contributed by atoms with van der Waals surface area (Å²) in [4.78, 5) is 0. The molecule has 42 heavy (non-hydrogen) atoms. The standard InChI is InChI=1S/C42H28/c1-3-13-29(14-4-1)31-23-25-32(26-24-31)41-36-19-9-11-21-38(36)42(39-22-12-10-20-37(39)41)40-28-34(30-15-5-2-6-16-30)27-33-17-7-8-18-35(33)40/h1-28H. The average molecular weight is 533 g/mol. The molecule has 0 saturated heterocycles. The molecule has 0 N–H and O–H groups in total. The minimum absolute atomic E-state index is 1.23. The zero-order valence-corrected chi connectivity index (χ0v) is 23.2. The van der Waals surface area contributed by atoms with Crippen molar-refractivity contribution in [1.29, 1.82) is 0 Å². The zero-order valence-electron chi connectivity index (χ0n) is 23.2. The van der Waals surface area contributed by atoms with E-state index >= 15 is 0 Å². The summed E-state index contributed by atoms with van der Waals surface area (Å²) < 4.78 is 0. The molecule has 0 heteroatoms. The molecule has 8 rings (SSSR count). The molecule has 0 aromatic heterocycles. The Bertz CT molecular complexity index is 2150. The molecule has 0 aliphatic rings. The second kappa shape index (κ2) is 10.2. The van der Waals surface area contributed by atoms with Crippen LogP contribution in [0.2, 0.25) is 0 Å². The summed E-state index contributed by atoms with van der Waals surface area (Å²) in [5, 5.41) is 7.61. The highest BCUT2D eigenvalue weighted by atomic mass is 14.2. The van der Waals surface area contributed by atoms with Crippen molar-refractivity contribution >= 4 is 32.3 Å². The molecule has 0 atom stereocenters. The SMILES string of the molecule is c1ccc(-c2ccc(-c3c4ccccc4c(-c4cc(-c5ccccc5)cc5ccccc45)c4ccccc34)cc2)cc1. The van der Waals surface area contributed by atoms with E-state index in [0.717, 1.165) is 0 Å². The Kier molecular flexibility index (Phi) is 5.90. The van der Waals surface area contributed by atoms with E-state index in [1.54, 1.807) is 0 Å². The van der Waals surface area contributed by atoms with Gasteiger partial charge in [-0.25, -0.2) is 0 Å². The number of rotatable bonds is 4. The van der Waals surface area contributed by atoms with Crippen LogP contribution < -0.4 is 0 Å². The lowest BCUT2D eigenvalue weighted by Crippen LogP contribution is -1.92. The molecule has 0 aliphatic carbocycles. The Morgan fingerprint density at radius 3 is 1.21 bits per heavy atom. The van der Waals surface area contributed by atoms with Gasteiger partial charge in [0.25, 0.3) is 0 Å². The molecule has 8 aromatic rings. The van der Waals surface area contributed by atoms with Crippen molar-refractivity contribution in [2.45, 2.75) is 0 Å². The summed E-state index contributed by atoms with van der Waals surface area (Å²) >= 11 is 0. The van der Waals surface area contributed by atoms with Crippen LogP contribution in [0.1, 0.15) is 0 Å². The van der Waals surface area contributed by atoms with Gasteiger partial charge >= 0.3 is 0 Å². The Morgan fingerprint density at radius 2 is 0.643 bits per heavy atom. The summed E-state index contributed by atoms with van der Waals surface area (Å²) in [6.07, 6.45) is 0. The van der Waals surface area contributed by atoms with Crippen LogP contribution in [0.4, 0.5) is 0 Å². The lowest BCUT2D eigenvalue weighted by Gasteiger charge is -2.20. The molecule has 8 aromatic carbocycles. The van der Waals surface area contributed by atoms with E-state index in [1.165, 1.54) is 76.8 Å². The summed E-state index contributed by atoms with van der Waals surface area (Å²) in [6.45, 7) is 0. The van der Waals surface area contributed by atoms with E-state index in [-0.39, 0.29) is 0 Å². The maximum Gasteiger partial charge on any atom is -0.00199 e. The maximum atomic E-state index is 2.39. The summed E-state index contributed by atoms with van der Waals surface area (Å²) in [5.41, 5.74) is 10.0. The summed E-state index contributed by atoms with van der Waals surface area (Å²) in [5.74, 6) is 0. The Morgan fingerprint density at radius 1 is 0.238 bits per heavy atom. The smallest absolute Gasteiger partial charge is 0.00199 e. The van der Waals surface area contributed by atoms with Crippen LogP contribution in [0.5, 0.6) is 0 Å². The van der Waals surface area contributed by atoms with E-state index in [1.807, 2.05) is 0 Å². The van der Waals surface area contributed by atoms with E-state index in [2.05, 4.69) is 170 Å². The van der Waals surface area contributed by atoms with Crippen LogP contribution >= 0.6 is 0 Å². The molecule has 0 amide bonds. The number of hydrogen-bond donors (Lipinski definition) is 0. The number of hydrogen-bond acceptors (Lipinski definition) is 0. The van der Waals surface area contributed by atoms with Crippen LogP contribution in [-0.2, 0) is 0 Å². The monoisotopic (exact) mass is 532 g/mol. The predicted molar refractivity (Wildman–Crippen MR) is 181 cm³/mol. The van der Waals surface area contributed by atoms with Gasteiger partial charge in [0.15, 0.2) is 0 Å². The van der Waals surface area contributed by atoms with Crippen LogP contribution in [0.3, 0.4) is 0 Å². The fourth-order valence-electron chi connectivity index (χ4n) is 6.50. The highest BCUT2D eigenvalue weighted by Crippen LogP contribution is 2.46. The fourth-order valence-corrected chi connectivity index (χ4v) is 6.50. The molecule has 0 bridgehead atoms. The van der Waals surface area contributed by atoms with Crippen molar-refractivity contribution in [2.24, 2.45) is 0 Å². The third-order valence-corrected chi connectivity index (χ3v) is 8.45. The molecule has 196 valence electrons. The maximum absolute atomic E-state index is 2.39. The first-order valence-electron chi connectivity index (χ1n) is 14.5. The van der Waals surface area contributed by atoms with Crippen molar-refractivity contribution < 1.29 is 0 Å². The van der Waals surface area contributed by atoms with Crippen LogP contribution in [-0.4, -0.2) is 0 Å². The van der Waals surface area contributed by atoms with Crippen LogP contribution in [0, 0.1) is 0 Å². The van der Waals surface area contributed by atoms with Crippen molar-refractivity contribution in [3.05, 3.63) is 170 Å². The van der Waals surface area contributed by atoms with E-state index in [4.69, 9.17) is 0 Å². The minimum atomic E-state index is 1.23. The van der Waals surface area contributed by atoms with Gasteiger partial charge in [0.2, 0.25) is 0 Å². The second-order valence-corrected chi connectivity index (χ2v) is 10.9. The van der Waals surface area contributed by atoms with Gasteiger partial charge in [-0.2, -0.15) is 0 Å². The second-order valence-electron chi connectivity index (χ2n) is 10.9. The third-order valence-electron chi connectivity index (χ3n) is 8.45. The highest BCUT2D eigenvalue weighted by molar-refractivity contribution is 6.23.